The molecule has 0 unspecified atom stereocenters. The van der Waals surface area contributed by atoms with Gasteiger partial charge in [-0.15, -0.1) is 22.7 Å². The number of benzene rings is 1. The summed E-state index contributed by atoms with van der Waals surface area (Å²) in [7, 11) is 0. The van der Waals surface area contributed by atoms with Crippen LogP contribution in [0.5, 0.6) is 0 Å². The molecule has 0 atom stereocenters. The van der Waals surface area contributed by atoms with E-state index in [9.17, 15) is 14.9 Å². The third-order valence-electron chi connectivity index (χ3n) is 3.76. The fraction of sp³-hybridized carbons (Fsp3) is 0.222. The molecule has 0 aliphatic carbocycles. The van der Waals surface area contributed by atoms with Crippen molar-refractivity contribution >= 4 is 40.0 Å². The normalized spacial score (nSPS) is 10.6. The van der Waals surface area contributed by atoms with Crippen molar-refractivity contribution < 1.29 is 9.72 Å². The molecule has 3 rings (SSSR count). The van der Waals surface area contributed by atoms with E-state index < -0.39 is 4.92 Å². The summed E-state index contributed by atoms with van der Waals surface area (Å²) in [4.78, 5) is 29.1. The van der Waals surface area contributed by atoms with Crippen LogP contribution >= 0.6 is 22.7 Å². The number of hydrogen-bond donors (Lipinski definition) is 2. The fourth-order valence-electron chi connectivity index (χ4n) is 2.45. The maximum Gasteiger partial charge on any atom is 0.292 e. The lowest BCUT2D eigenvalue weighted by molar-refractivity contribution is -0.384. The number of hydrogen-bond acceptors (Lipinski definition) is 7. The predicted octanol–water partition coefficient (Wildman–Crippen LogP) is 4.21. The largest absolute Gasteiger partial charge is 0.379 e. The Labute approximate surface area is 164 Å². The van der Waals surface area contributed by atoms with Crippen molar-refractivity contribution in [3.63, 3.8) is 0 Å². The molecule has 0 saturated heterocycles. The number of nitro groups is 1. The second-order valence-corrected chi connectivity index (χ2v) is 7.98. The van der Waals surface area contributed by atoms with Crippen molar-refractivity contribution in [3.8, 4) is 10.6 Å². The lowest BCUT2D eigenvalue weighted by Gasteiger charge is -2.07. The highest BCUT2D eigenvalue weighted by Gasteiger charge is 2.12. The van der Waals surface area contributed by atoms with Crippen LogP contribution in [0.2, 0.25) is 0 Å². The Kier molecular flexibility index (Phi) is 6.15. The van der Waals surface area contributed by atoms with Gasteiger partial charge in [0.2, 0.25) is 5.91 Å². The van der Waals surface area contributed by atoms with E-state index in [1.54, 1.807) is 40.9 Å². The summed E-state index contributed by atoms with van der Waals surface area (Å²) in [6, 6.07) is 10.4. The van der Waals surface area contributed by atoms with E-state index in [4.69, 9.17) is 0 Å². The van der Waals surface area contributed by atoms with Crippen molar-refractivity contribution in [1.29, 1.82) is 0 Å². The molecule has 0 aliphatic heterocycles. The van der Waals surface area contributed by atoms with Crippen molar-refractivity contribution in [2.24, 2.45) is 0 Å². The lowest BCUT2D eigenvalue weighted by Crippen LogP contribution is -2.24. The van der Waals surface area contributed by atoms with E-state index in [0.717, 1.165) is 20.5 Å². The molecule has 0 radical (unpaired) electrons. The first-order chi connectivity index (χ1) is 13.0. The minimum Gasteiger partial charge on any atom is -0.379 e. The molecule has 2 heterocycles. The average molecular weight is 403 g/mol. The van der Waals surface area contributed by atoms with Crippen molar-refractivity contribution in [2.45, 2.75) is 19.9 Å². The number of carbonyl (C=O) groups is 1. The number of para-hydroxylation sites is 2. The molecule has 7 nitrogen and oxygen atoms in total. The van der Waals surface area contributed by atoms with E-state index in [2.05, 4.69) is 15.6 Å². The second-order valence-electron chi connectivity index (χ2n) is 5.75. The van der Waals surface area contributed by atoms with Gasteiger partial charge in [0.15, 0.2) is 0 Å². The molecule has 0 aliphatic rings. The highest BCUT2D eigenvalue weighted by Crippen LogP contribution is 2.29. The van der Waals surface area contributed by atoms with Gasteiger partial charge in [-0.1, -0.05) is 12.1 Å². The number of thiophene rings is 1. The summed E-state index contributed by atoms with van der Waals surface area (Å²) >= 11 is 3.22. The Morgan fingerprint density at radius 3 is 2.81 bits per heavy atom. The molecular formula is C18H18N4O3S2. The van der Waals surface area contributed by atoms with Crippen LogP contribution in [0.15, 0.2) is 41.8 Å². The fourth-order valence-corrected chi connectivity index (χ4v) is 4.05. The average Bonchev–Trinajstić information content (AvgIpc) is 3.29. The summed E-state index contributed by atoms with van der Waals surface area (Å²) in [6.45, 7) is 2.75. The number of aryl methyl sites for hydroxylation is 1. The zero-order chi connectivity index (χ0) is 19.2. The molecule has 0 saturated carbocycles. The number of carbonyl (C=O) groups excluding carboxylic acids is 1. The smallest absolute Gasteiger partial charge is 0.292 e. The van der Waals surface area contributed by atoms with Gasteiger partial charge in [0.1, 0.15) is 5.69 Å². The monoisotopic (exact) mass is 402 g/mol. The Morgan fingerprint density at radius 2 is 2.07 bits per heavy atom. The third-order valence-corrected chi connectivity index (χ3v) is 5.64. The second kappa shape index (κ2) is 8.74. The van der Waals surface area contributed by atoms with Crippen LogP contribution < -0.4 is 10.6 Å². The van der Waals surface area contributed by atoms with Crippen LogP contribution in [-0.2, 0) is 11.3 Å². The van der Waals surface area contributed by atoms with Gasteiger partial charge in [0, 0.05) is 29.3 Å². The number of aromatic nitrogens is 1. The number of nitro benzene ring substituents is 1. The first-order valence-electron chi connectivity index (χ1n) is 8.28. The first kappa shape index (κ1) is 19.0. The minimum atomic E-state index is -0.444. The molecule has 1 amide bonds. The van der Waals surface area contributed by atoms with Crippen LogP contribution in [0.4, 0.5) is 11.4 Å². The number of amides is 1. The summed E-state index contributed by atoms with van der Waals surface area (Å²) in [5.74, 6) is -0.111. The standard InChI is InChI=1S/C18H18N4O3S2/c1-12-21-15(11-26-12)17-7-6-13(27-17)10-20-18(23)8-9-19-14-4-2-3-5-16(14)22(24)25/h2-7,11,19H,8-10H2,1H3,(H,20,23). The van der Waals surface area contributed by atoms with Gasteiger partial charge in [0.05, 0.1) is 27.0 Å². The topological polar surface area (TPSA) is 97.2 Å². The molecule has 0 bridgehead atoms. The van der Waals surface area contributed by atoms with Crippen molar-refractivity contribution in [3.05, 3.63) is 61.8 Å². The van der Waals surface area contributed by atoms with Crippen molar-refractivity contribution in [2.75, 3.05) is 11.9 Å². The van der Waals surface area contributed by atoms with E-state index in [1.165, 1.54) is 6.07 Å². The Morgan fingerprint density at radius 1 is 1.26 bits per heavy atom. The highest BCUT2D eigenvalue weighted by molar-refractivity contribution is 7.16. The van der Waals surface area contributed by atoms with E-state index in [0.29, 0.717) is 18.8 Å². The number of thiazole rings is 1. The molecule has 3 aromatic rings. The quantitative estimate of drug-likeness (QED) is 0.435. The zero-order valence-corrected chi connectivity index (χ0v) is 16.2. The number of nitrogens with zero attached hydrogens (tertiary/aromatic N) is 2. The Balaban J connectivity index is 1.45. The third kappa shape index (κ3) is 5.11. The predicted molar refractivity (Wildman–Crippen MR) is 108 cm³/mol. The molecule has 2 N–H and O–H groups in total. The van der Waals surface area contributed by atoms with Gasteiger partial charge in [-0.05, 0) is 25.1 Å². The van der Waals surface area contributed by atoms with E-state index >= 15 is 0 Å². The maximum absolute atomic E-state index is 12.0. The number of nitrogens with one attached hydrogen (secondary N) is 2. The van der Waals surface area contributed by atoms with Crippen LogP contribution in [-0.4, -0.2) is 22.4 Å². The summed E-state index contributed by atoms with van der Waals surface area (Å²) in [5.41, 5.74) is 1.38. The van der Waals surface area contributed by atoms with Crippen LogP contribution in [0.25, 0.3) is 10.6 Å². The van der Waals surface area contributed by atoms with E-state index in [1.807, 2.05) is 24.4 Å². The molecule has 0 fully saturated rings. The van der Waals surface area contributed by atoms with Gasteiger partial charge in [-0.2, -0.15) is 0 Å². The summed E-state index contributed by atoms with van der Waals surface area (Å²) < 4.78 is 0. The van der Waals surface area contributed by atoms with E-state index in [-0.39, 0.29) is 18.0 Å². The van der Waals surface area contributed by atoms with Crippen molar-refractivity contribution in [1.82, 2.24) is 10.3 Å². The summed E-state index contributed by atoms with van der Waals surface area (Å²) in [6.07, 6.45) is 0.232. The molecule has 140 valence electrons. The number of rotatable bonds is 8. The van der Waals surface area contributed by atoms with Gasteiger partial charge in [-0.3, -0.25) is 14.9 Å². The minimum absolute atomic E-state index is 0.00120. The Bertz CT molecular complexity index is 951. The zero-order valence-electron chi connectivity index (χ0n) is 14.6. The van der Waals surface area contributed by atoms with Gasteiger partial charge in [-0.25, -0.2) is 4.98 Å². The van der Waals surface area contributed by atoms with Gasteiger partial charge < -0.3 is 10.6 Å². The van der Waals surface area contributed by atoms with Crippen LogP contribution in [0, 0.1) is 17.0 Å². The Hall–Kier alpha value is -2.78. The number of anilines is 1. The molecule has 1 aromatic carbocycles. The molecule has 2 aromatic heterocycles. The molecular weight excluding hydrogens is 384 g/mol. The molecule has 9 heteroatoms. The summed E-state index contributed by atoms with van der Waals surface area (Å²) in [5, 5.41) is 19.8. The highest BCUT2D eigenvalue weighted by atomic mass is 32.1. The maximum atomic E-state index is 12.0. The molecule has 0 spiro atoms. The molecule has 27 heavy (non-hydrogen) atoms. The van der Waals surface area contributed by atoms with Crippen LogP contribution in [0.3, 0.4) is 0 Å². The van der Waals surface area contributed by atoms with Gasteiger partial charge >= 0.3 is 0 Å². The van der Waals surface area contributed by atoms with Gasteiger partial charge in [0.25, 0.3) is 5.69 Å². The SMILES string of the molecule is Cc1nc(-c2ccc(CNC(=O)CCNc3ccccc3[N+](=O)[O-])s2)cs1. The van der Waals surface area contributed by atoms with Crippen LogP contribution in [0.1, 0.15) is 16.3 Å². The first-order valence-corrected chi connectivity index (χ1v) is 9.98. The lowest BCUT2D eigenvalue weighted by atomic mass is 10.2.